The van der Waals surface area contributed by atoms with Crippen LogP contribution in [0.2, 0.25) is 0 Å². The first-order valence-electron chi connectivity index (χ1n) is 4.47. The second-order valence-corrected chi connectivity index (χ2v) is 4.65. The van der Waals surface area contributed by atoms with Crippen molar-refractivity contribution in [3.05, 3.63) is 0 Å². The zero-order chi connectivity index (χ0) is 7.95. The van der Waals surface area contributed by atoms with E-state index in [0.29, 0.717) is 5.41 Å². The van der Waals surface area contributed by atoms with E-state index >= 15 is 0 Å². The fourth-order valence-corrected chi connectivity index (χ4v) is 1.82. The van der Waals surface area contributed by atoms with Gasteiger partial charge in [-0.25, -0.2) is 0 Å². The molecule has 2 nitrogen and oxygen atoms in total. The van der Waals surface area contributed by atoms with Crippen molar-refractivity contribution in [2.24, 2.45) is 5.41 Å². The maximum Gasteiger partial charge on any atom is 0.0627 e. The molecule has 2 heterocycles. The second-order valence-electron chi connectivity index (χ2n) is 4.65. The lowest BCUT2D eigenvalue weighted by molar-refractivity contribution is -0.128. The van der Waals surface area contributed by atoms with Crippen molar-refractivity contribution in [2.75, 3.05) is 19.7 Å². The fraction of sp³-hybridized carbons (Fsp3) is 1.00. The monoisotopic (exact) mass is 155 g/mol. The molecule has 0 amide bonds. The van der Waals surface area contributed by atoms with Gasteiger partial charge in [0.2, 0.25) is 0 Å². The van der Waals surface area contributed by atoms with Gasteiger partial charge in [-0.05, 0) is 26.7 Å². The topological polar surface area (TPSA) is 21.3 Å². The van der Waals surface area contributed by atoms with Crippen LogP contribution in [-0.4, -0.2) is 25.3 Å². The third kappa shape index (κ3) is 1.30. The Morgan fingerprint density at radius 3 is 2.27 bits per heavy atom. The Hall–Kier alpha value is -0.0800. The summed E-state index contributed by atoms with van der Waals surface area (Å²) in [6.07, 6.45) is 2.56. The largest absolute Gasteiger partial charge is 0.375 e. The Labute approximate surface area is 68.3 Å². The predicted molar refractivity (Wildman–Crippen MR) is 44.6 cm³/mol. The van der Waals surface area contributed by atoms with Gasteiger partial charge in [-0.1, -0.05) is 0 Å². The van der Waals surface area contributed by atoms with Crippen LogP contribution in [0.25, 0.3) is 0 Å². The van der Waals surface area contributed by atoms with Gasteiger partial charge in [-0.15, -0.1) is 0 Å². The van der Waals surface area contributed by atoms with Crippen molar-refractivity contribution in [1.29, 1.82) is 0 Å². The molecule has 2 heteroatoms. The molecule has 64 valence electrons. The minimum atomic E-state index is 0.140. The Balaban J connectivity index is 1.94. The van der Waals surface area contributed by atoms with Crippen LogP contribution in [0.15, 0.2) is 0 Å². The minimum absolute atomic E-state index is 0.140. The Morgan fingerprint density at radius 2 is 1.91 bits per heavy atom. The van der Waals surface area contributed by atoms with E-state index in [1.807, 2.05) is 0 Å². The lowest BCUT2D eigenvalue weighted by Gasteiger charge is -2.49. The smallest absolute Gasteiger partial charge is 0.0627 e. The Bertz CT molecular complexity index is 149. The molecule has 2 aliphatic heterocycles. The standard InChI is InChI=1S/C9H17NO/c1-8(2)3-4-9(7-11-8)5-10-6-9/h10H,3-7H2,1-2H3. The van der Waals surface area contributed by atoms with Crippen molar-refractivity contribution in [1.82, 2.24) is 5.32 Å². The number of hydrogen-bond acceptors (Lipinski definition) is 2. The zero-order valence-electron chi connectivity index (χ0n) is 7.44. The first kappa shape index (κ1) is 7.56. The van der Waals surface area contributed by atoms with E-state index in [1.54, 1.807) is 0 Å². The highest BCUT2D eigenvalue weighted by Crippen LogP contribution is 2.38. The van der Waals surface area contributed by atoms with Crippen LogP contribution in [0.4, 0.5) is 0 Å². The first-order valence-corrected chi connectivity index (χ1v) is 4.47. The van der Waals surface area contributed by atoms with E-state index in [-0.39, 0.29) is 5.60 Å². The quantitative estimate of drug-likeness (QED) is 0.567. The Kier molecular flexibility index (Phi) is 1.52. The Morgan fingerprint density at radius 1 is 1.18 bits per heavy atom. The summed E-state index contributed by atoms with van der Waals surface area (Å²) in [5.41, 5.74) is 0.663. The van der Waals surface area contributed by atoms with Crippen LogP contribution < -0.4 is 5.32 Å². The summed E-state index contributed by atoms with van der Waals surface area (Å²) >= 11 is 0. The van der Waals surface area contributed by atoms with E-state index in [1.165, 1.54) is 25.9 Å². The molecule has 2 aliphatic rings. The number of rotatable bonds is 0. The van der Waals surface area contributed by atoms with Crippen LogP contribution in [0.3, 0.4) is 0 Å². The highest BCUT2D eigenvalue weighted by Gasteiger charge is 2.43. The van der Waals surface area contributed by atoms with E-state index in [9.17, 15) is 0 Å². The maximum atomic E-state index is 5.78. The summed E-state index contributed by atoms with van der Waals surface area (Å²) in [6.45, 7) is 7.68. The van der Waals surface area contributed by atoms with Gasteiger partial charge >= 0.3 is 0 Å². The molecule has 0 bridgehead atoms. The van der Waals surface area contributed by atoms with Crippen molar-refractivity contribution in [2.45, 2.75) is 32.3 Å². The van der Waals surface area contributed by atoms with Gasteiger partial charge in [0, 0.05) is 18.5 Å². The van der Waals surface area contributed by atoms with Crippen LogP contribution in [0, 0.1) is 5.41 Å². The average Bonchev–Trinajstić information content (AvgIpc) is 1.84. The molecule has 0 aromatic heterocycles. The van der Waals surface area contributed by atoms with Crippen molar-refractivity contribution >= 4 is 0 Å². The fourth-order valence-electron chi connectivity index (χ4n) is 1.82. The van der Waals surface area contributed by atoms with Crippen LogP contribution in [0.1, 0.15) is 26.7 Å². The molecule has 11 heavy (non-hydrogen) atoms. The molecule has 0 atom stereocenters. The lowest BCUT2D eigenvalue weighted by atomic mass is 9.74. The summed E-state index contributed by atoms with van der Waals surface area (Å²) in [5.74, 6) is 0. The van der Waals surface area contributed by atoms with Crippen molar-refractivity contribution in [3.63, 3.8) is 0 Å². The molecule has 2 rings (SSSR count). The molecule has 1 N–H and O–H groups in total. The molecule has 0 unspecified atom stereocenters. The predicted octanol–water partition coefficient (Wildman–Crippen LogP) is 1.17. The third-order valence-electron chi connectivity index (χ3n) is 3.03. The summed E-state index contributed by atoms with van der Waals surface area (Å²) in [4.78, 5) is 0. The minimum Gasteiger partial charge on any atom is -0.375 e. The molecule has 0 aromatic rings. The van der Waals surface area contributed by atoms with E-state index in [4.69, 9.17) is 4.74 Å². The first-order chi connectivity index (χ1) is 5.12. The molecule has 0 aliphatic carbocycles. The van der Waals surface area contributed by atoms with Gasteiger partial charge in [0.25, 0.3) is 0 Å². The number of hydrogen-bond donors (Lipinski definition) is 1. The molecule has 0 radical (unpaired) electrons. The normalized spacial score (nSPS) is 33.3. The van der Waals surface area contributed by atoms with Crippen LogP contribution in [0.5, 0.6) is 0 Å². The molecule has 2 saturated heterocycles. The molecule has 1 spiro atoms. The highest BCUT2D eigenvalue weighted by molar-refractivity contribution is 4.96. The lowest BCUT2D eigenvalue weighted by Crippen LogP contribution is -2.59. The molecule has 0 saturated carbocycles. The third-order valence-corrected chi connectivity index (χ3v) is 3.03. The van der Waals surface area contributed by atoms with E-state index in [2.05, 4.69) is 19.2 Å². The van der Waals surface area contributed by atoms with E-state index < -0.39 is 0 Å². The van der Waals surface area contributed by atoms with Crippen LogP contribution in [-0.2, 0) is 4.74 Å². The summed E-state index contributed by atoms with van der Waals surface area (Å²) in [7, 11) is 0. The van der Waals surface area contributed by atoms with Crippen molar-refractivity contribution in [3.8, 4) is 0 Å². The van der Waals surface area contributed by atoms with Crippen LogP contribution >= 0.6 is 0 Å². The average molecular weight is 155 g/mol. The highest BCUT2D eigenvalue weighted by atomic mass is 16.5. The molecule has 2 fully saturated rings. The summed E-state index contributed by atoms with van der Waals surface area (Å²) < 4.78 is 5.78. The van der Waals surface area contributed by atoms with Gasteiger partial charge in [-0.2, -0.15) is 0 Å². The second kappa shape index (κ2) is 2.20. The summed E-state index contributed by atoms with van der Waals surface area (Å²) in [5, 5.41) is 3.32. The number of nitrogens with one attached hydrogen (secondary N) is 1. The number of ether oxygens (including phenoxy) is 1. The maximum absolute atomic E-state index is 5.78. The van der Waals surface area contributed by atoms with Crippen molar-refractivity contribution < 1.29 is 4.74 Å². The van der Waals surface area contributed by atoms with Gasteiger partial charge in [0.05, 0.1) is 12.2 Å². The van der Waals surface area contributed by atoms with Gasteiger partial charge in [0.1, 0.15) is 0 Å². The summed E-state index contributed by atoms with van der Waals surface area (Å²) in [6, 6.07) is 0. The van der Waals surface area contributed by atoms with Gasteiger partial charge < -0.3 is 10.1 Å². The van der Waals surface area contributed by atoms with Gasteiger partial charge in [0.15, 0.2) is 0 Å². The van der Waals surface area contributed by atoms with Gasteiger partial charge in [-0.3, -0.25) is 0 Å². The molecular formula is C9H17NO. The zero-order valence-corrected chi connectivity index (χ0v) is 7.44. The molecule has 0 aromatic carbocycles. The SMILES string of the molecule is CC1(C)CCC2(CNC2)CO1. The van der Waals surface area contributed by atoms with E-state index in [0.717, 1.165) is 6.61 Å². The molecular weight excluding hydrogens is 138 g/mol.